The molecule has 0 aliphatic carbocycles. The Balaban J connectivity index is 1.48. The molecule has 1 aliphatic rings. The number of aromatic nitrogens is 3. The van der Waals surface area contributed by atoms with Crippen LogP contribution >= 0.6 is 0 Å². The molecule has 9 nitrogen and oxygen atoms in total. The second kappa shape index (κ2) is 11.6. The molecule has 0 saturated carbocycles. The van der Waals surface area contributed by atoms with Gasteiger partial charge in [0.15, 0.2) is 5.43 Å². The molecular weight excluding hydrogens is 498 g/mol. The van der Waals surface area contributed by atoms with E-state index in [1.807, 2.05) is 41.3 Å². The second-order valence-corrected chi connectivity index (χ2v) is 11.6. The molecular formula is C30H39N3O6. The summed E-state index contributed by atoms with van der Waals surface area (Å²) in [6.07, 6.45) is 6.61. The molecule has 0 spiro atoms. The summed E-state index contributed by atoms with van der Waals surface area (Å²) in [6.45, 7) is 11.1. The van der Waals surface area contributed by atoms with Crippen LogP contribution in [0.1, 0.15) is 89.5 Å². The zero-order valence-corrected chi connectivity index (χ0v) is 23.5. The van der Waals surface area contributed by atoms with E-state index in [9.17, 15) is 19.5 Å². The number of carboxylic acid groups (broad SMARTS) is 1. The topological polar surface area (TPSA) is 113 Å². The molecule has 0 saturated heterocycles. The summed E-state index contributed by atoms with van der Waals surface area (Å²) < 4.78 is 15.2. The SMILES string of the molecule is CC(C)OC(=O)CCCCCCCOc1cccc2c3n(nc12)C[C@@H](C(C)(C)C)n1cc(C(=O)O)c(=O)cc1-3. The van der Waals surface area contributed by atoms with Crippen molar-refractivity contribution in [3.8, 4) is 17.1 Å². The summed E-state index contributed by atoms with van der Waals surface area (Å²) in [7, 11) is 0. The fraction of sp³-hybridized carbons (Fsp3) is 0.533. The van der Waals surface area contributed by atoms with E-state index >= 15 is 0 Å². The van der Waals surface area contributed by atoms with Gasteiger partial charge in [0, 0.05) is 24.1 Å². The smallest absolute Gasteiger partial charge is 0.341 e. The van der Waals surface area contributed by atoms with Crippen LogP contribution in [-0.2, 0) is 16.1 Å². The Morgan fingerprint density at radius 2 is 1.85 bits per heavy atom. The number of carbonyl (C=O) groups is 2. The van der Waals surface area contributed by atoms with E-state index in [0.29, 0.717) is 31.0 Å². The number of carbonyl (C=O) groups excluding carboxylic acids is 1. The second-order valence-electron chi connectivity index (χ2n) is 11.6. The quantitative estimate of drug-likeness (QED) is 0.242. The van der Waals surface area contributed by atoms with Crippen molar-refractivity contribution in [2.24, 2.45) is 5.41 Å². The number of benzene rings is 1. The maximum atomic E-state index is 12.7. The standard InChI is InChI=1S/C30H39N3O6/c1-19(2)39-26(35)14-9-7-6-8-10-15-38-24-13-11-12-20-27(24)31-33-18-25(30(3,4)5)32-17-21(29(36)37)23(34)16-22(32)28(20)33/h11-13,16-17,19,25H,6-10,14-15,18H2,1-5H3,(H,36,37)/t25-/m0/s1. The van der Waals surface area contributed by atoms with E-state index in [2.05, 4.69) is 20.8 Å². The number of carboxylic acids is 1. The largest absolute Gasteiger partial charge is 0.491 e. The number of pyridine rings is 1. The number of unbranched alkanes of at least 4 members (excludes halogenated alkanes) is 4. The Morgan fingerprint density at radius 1 is 1.13 bits per heavy atom. The number of hydrogen-bond donors (Lipinski definition) is 1. The molecule has 1 atom stereocenters. The summed E-state index contributed by atoms with van der Waals surface area (Å²) in [5.74, 6) is -0.668. The highest BCUT2D eigenvalue weighted by Crippen LogP contribution is 2.43. The molecule has 0 unspecified atom stereocenters. The summed E-state index contributed by atoms with van der Waals surface area (Å²) in [5, 5.41) is 15.3. The van der Waals surface area contributed by atoms with E-state index in [4.69, 9.17) is 14.6 Å². The average molecular weight is 538 g/mol. The Bertz CT molecular complexity index is 1410. The lowest BCUT2D eigenvalue weighted by atomic mass is 9.85. The van der Waals surface area contributed by atoms with Gasteiger partial charge in [0.05, 0.1) is 36.7 Å². The van der Waals surface area contributed by atoms with Gasteiger partial charge in [0.2, 0.25) is 0 Å². The highest BCUT2D eigenvalue weighted by molar-refractivity contribution is 5.96. The minimum atomic E-state index is -1.23. The van der Waals surface area contributed by atoms with Crippen molar-refractivity contribution in [1.82, 2.24) is 14.3 Å². The lowest BCUT2D eigenvalue weighted by Crippen LogP contribution is -2.35. The first-order chi connectivity index (χ1) is 18.5. The minimum Gasteiger partial charge on any atom is -0.491 e. The van der Waals surface area contributed by atoms with Gasteiger partial charge in [-0.25, -0.2) is 4.79 Å². The monoisotopic (exact) mass is 537 g/mol. The molecule has 0 radical (unpaired) electrons. The van der Waals surface area contributed by atoms with Crippen molar-refractivity contribution < 1.29 is 24.2 Å². The average Bonchev–Trinajstić information content (AvgIpc) is 3.23. The molecule has 4 rings (SSSR count). The molecule has 1 N–H and O–H groups in total. The number of hydrogen-bond acceptors (Lipinski definition) is 6. The van der Waals surface area contributed by atoms with Gasteiger partial charge in [0.25, 0.3) is 0 Å². The van der Waals surface area contributed by atoms with Gasteiger partial charge < -0.3 is 19.1 Å². The van der Waals surface area contributed by atoms with Gasteiger partial charge in [-0.3, -0.25) is 14.3 Å². The fourth-order valence-corrected chi connectivity index (χ4v) is 5.15. The van der Waals surface area contributed by atoms with Crippen LogP contribution in [0, 0.1) is 5.41 Å². The third-order valence-corrected chi connectivity index (χ3v) is 7.12. The van der Waals surface area contributed by atoms with Crippen LogP contribution in [0.4, 0.5) is 0 Å². The third-order valence-electron chi connectivity index (χ3n) is 7.12. The minimum absolute atomic E-state index is 0.0673. The summed E-state index contributed by atoms with van der Waals surface area (Å²) in [6, 6.07) is 7.11. The van der Waals surface area contributed by atoms with Crippen LogP contribution in [0.25, 0.3) is 22.3 Å². The zero-order chi connectivity index (χ0) is 28.3. The van der Waals surface area contributed by atoms with Gasteiger partial charge in [-0.2, -0.15) is 5.10 Å². The normalized spacial score (nSPS) is 14.8. The van der Waals surface area contributed by atoms with E-state index in [1.165, 1.54) is 12.3 Å². The van der Waals surface area contributed by atoms with E-state index in [1.54, 1.807) is 0 Å². The van der Waals surface area contributed by atoms with Gasteiger partial charge in [-0.05, 0) is 38.2 Å². The van der Waals surface area contributed by atoms with Crippen LogP contribution in [-0.4, -0.2) is 44.1 Å². The maximum Gasteiger partial charge on any atom is 0.341 e. The number of aromatic carboxylic acids is 1. The number of fused-ring (bicyclic) bond motifs is 5. The Morgan fingerprint density at radius 3 is 2.54 bits per heavy atom. The summed E-state index contributed by atoms with van der Waals surface area (Å²) >= 11 is 0. The Hall–Kier alpha value is -3.62. The molecule has 3 aromatic rings. The van der Waals surface area contributed by atoms with Gasteiger partial charge >= 0.3 is 11.9 Å². The molecule has 0 fully saturated rings. The van der Waals surface area contributed by atoms with Crippen molar-refractivity contribution >= 4 is 22.8 Å². The van der Waals surface area contributed by atoms with Crippen LogP contribution in [0.15, 0.2) is 35.3 Å². The number of esters is 1. The molecule has 0 bridgehead atoms. The molecule has 3 heterocycles. The van der Waals surface area contributed by atoms with Crippen molar-refractivity contribution in [3.05, 3.63) is 46.2 Å². The maximum absolute atomic E-state index is 12.7. The van der Waals surface area contributed by atoms with Crippen LogP contribution in [0.5, 0.6) is 5.75 Å². The Labute approximate surface area is 228 Å². The number of ether oxygens (including phenoxy) is 2. The highest BCUT2D eigenvalue weighted by Gasteiger charge is 2.35. The molecule has 2 aromatic heterocycles. The molecule has 39 heavy (non-hydrogen) atoms. The zero-order valence-electron chi connectivity index (χ0n) is 23.5. The van der Waals surface area contributed by atoms with E-state index < -0.39 is 11.4 Å². The van der Waals surface area contributed by atoms with Gasteiger partial charge in [0.1, 0.15) is 16.8 Å². The predicted octanol–water partition coefficient (Wildman–Crippen LogP) is 5.84. The fourth-order valence-electron chi connectivity index (χ4n) is 5.15. The molecule has 0 amide bonds. The molecule has 1 aromatic carbocycles. The third kappa shape index (κ3) is 6.34. The van der Waals surface area contributed by atoms with Crippen LogP contribution < -0.4 is 10.2 Å². The predicted molar refractivity (Wildman–Crippen MR) is 149 cm³/mol. The first-order valence-electron chi connectivity index (χ1n) is 13.8. The van der Waals surface area contributed by atoms with Crippen molar-refractivity contribution in [3.63, 3.8) is 0 Å². The Kier molecular flexibility index (Phi) is 8.47. The highest BCUT2D eigenvalue weighted by atomic mass is 16.5. The van der Waals surface area contributed by atoms with Crippen molar-refractivity contribution in [2.75, 3.05) is 6.61 Å². The first-order valence-corrected chi connectivity index (χ1v) is 13.8. The van der Waals surface area contributed by atoms with Crippen molar-refractivity contribution in [2.45, 2.75) is 91.8 Å². The van der Waals surface area contributed by atoms with E-state index in [-0.39, 0.29) is 29.1 Å². The number of rotatable bonds is 11. The molecule has 9 heteroatoms. The van der Waals surface area contributed by atoms with Crippen molar-refractivity contribution in [1.29, 1.82) is 0 Å². The van der Waals surface area contributed by atoms with Gasteiger partial charge in [-0.15, -0.1) is 0 Å². The summed E-state index contributed by atoms with van der Waals surface area (Å²) in [5.41, 5.74) is 1.23. The lowest BCUT2D eigenvalue weighted by molar-refractivity contribution is -0.147. The lowest BCUT2D eigenvalue weighted by Gasteiger charge is -2.38. The van der Waals surface area contributed by atoms with E-state index in [0.717, 1.165) is 48.7 Å². The number of nitrogens with zero attached hydrogens (tertiary/aromatic N) is 3. The first kappa shape index (κ1) is 28.4. The molecule has 210 valence electrons. The van der Waals surface area contributed by atoms with Gasteiger partial charge in [-0.1, -0.05) is 52.2 Å². The van der Waals surface area contributed by atoms with Crippen LogP contribution in [0.2, 0.25) is 0 Å². The summed E-state index contributed by atoms with van der Waals surface area (Å²) in [4.78, 5) is 36.0. The molecule has 1 aliphatic heterocycles. The van der Waals surface area contributed by atoms with Crippen LogP contribution in [0.3, 0.4) is 0 Å².